The lowest BCUT2D eigenvalue weighted by Crippen LogP contribution is -2.44. The molecule has 1 aliphatic rings. The summed E-state index contributed by atoms with van der Waals surface area (Å²) in [5.74, 6) is 5.93. The highest BCUT2D eigenvalue weighted by Gasteiger charge is 2.26. The van der Waals surface area contributed by atoms with Crippen molar-refractivity contribution in [1.29, 1.82) is 0 Å². The predicted molar refractivity (Wildman–Crippen MR) is 132 cm³/mol. The second-order valence-corrected chi connectivity index (χ2v) is 8.59. The molecule has 10 nitrogen and oxygen atoms in total. The quantitative estimate of drug-likeness (QED) is 0.540. The molecule has 1 fully saturated rings. The number of amides is 1. The molecule has 3 aromatic rings. The SMILES string of the molecule is CC#CCn1c(N2CCCC(N)C2)nc2c1c(=O)n(CC(=O)Nc1ccc(C)cc1)c(=O)n2C. The highest BCUT2D eigenvalue weighted by molar-refractivity contribution is 5.90. The molecule has 1 aromatic carbocycles. The van der Waals surface area contributed by atoms with Gasteiger partial charge in [0, 0.05) is 31.9 Å². The third kappa shape index (κ3) is 4.47. The van der Waals surface area contributed by atoms with Gasteiger partial charge in [0.05, 0.1) is 6.54 Å². The number of rotatable bonds is 5. The van der Waals surface area contributed by atoms with Gasteiger partial charge in [-0.1, -0.05) is 23.6 Å². The van der Waals surface area contributed by atoms with Gasteiger partial charge in [-0.15, -0.1) is 5.92 Å². The lowest BCUT2D eigenvalue weighted by atomic mass is 10.1. The molecular formula is C24H29N7O3. The zero-order valence-electron chi connectivity index (χ0n) is 19.7. The molecule has 1 unspecified atom stereocenters. The first-order valence-corrected chi connectivity index (χ1v) is 11.3. The molecular weight excluding hydrogens is 434 g/mol. The summed E-state index contributed by atoms with van der Waals surface area (Å²) in [6.07, 6.45) is 1.83. The summed E-state index contributed by atoms with van der Waals surface area (Å²) in [4.78, 5) is 45.9. The molecule has 1 aliphatic heterocycles. The first-order chi connectivity index (χ1) is 16.3. The number of fused-ring (bicyclic) bond motifs is 1. The summed E-state index contributed by atoms with van der Waals surface area (Å²) in [5.41, 5.74) is 7.14. The normalized spacial score (nSPS) is 15.8. The minimum atomic E-state index is -0.607. The average Bonchev–Trinajstić information content (AvgIpc) is 3.20. The number of hydrogen-bond acceptors (Lipinski definition) is 6. The second kappa shape index (κ2) is 9.57. The molecule has 2 aromatic heterocycles. The number of nitrogens with zero attached hydrogens (tertiary/aromatic N) is 5. The molecule has 1 atom stereocenters. The number of piperidine rings is 1. The van der Waals surface area contributed by atoms with Crippen molar-refractivity contribution >= 4 is 28.7 Å². The van der Waals surface area contributed by atoms with Crippen molar-refractivity contribution in [3.8, 4) is 11.8 Å². The van der Waals surface area contributed by atoms with Crippen LogP contribution in [0.4, 0.5) is 11.6 Å². The van der Waals surface area contributed by atoms with Crippen LogP contribution < -0.4 is 27.2 Å². The van der Waals surface area contributed by atoms with Gasteiger partial charge >= 0.3 is 5.69 Å². The molecule has 178 valence electrons. The number of nitrogens with two attached hydrogens (primary N) is 1. The van der Waals surface area contributed by atoms with E-state index in [-0.39, 0.29) is 23.8 Å². The smallest absolute Gasteiger partial charge is 0.332 e. The third-order valence-electron chi connectivity index (χ3n) is 6.00. The number of benzene rings is 1. The van der Waals surface area contributed by atoms with Crippen LogP contribution in [-0.4, -0.2) is 43.7 Å². The lowest BCUT2D eigenvalue weighted by Gasteiger charge is -2.31. The number of carbonyl (C=O) groups is 1. The molecule has 0 radical (unpaired) electrons. The molecule has 10 heteroatoms. The molecule has 34 heavy (non-hydrogen) atoms. The fraction of sp³-hybridized carbons (Fsp3) is 0.417. The van der Waals surface area contributed by atoms with Crippen LogP contribution in [0.25, 0.3) is 11.2 Å². The number of carbonyl (C=O) groups excluding carboxylic acids is 1. The van der Waals surface area contributed by atoms with Gasteiger partial charge in [-0.05, 0) is 38.8 Å². The van der Waals surface area contributed by atoms with Crippen LogP contribution in [0.15, 0.2) is 33.9 Å². The van der Waals surface area contributed by atoms with E-state index in [1.54, 1.807) is 30.7 Å². The number of nitrogens with one attached hydrogen (secondary N) is 1. The van der Waals surface area contributed by atoms with E-state index in [4.69, 9.17) is 5.73 Å². The molecule has 0 spiro atoms. The molecule has 0 saturated carbocycles. The zero-order valence-corrected chi connectivity index (χ0v) is 19.7. The van der Waals surface area contributed by atoms with Crippen molar-refractivity contribution in [3.63, 3.8) is 0 Å². The number of imidazole rings is 1. The molecule has 0 aliphatic carbocycles. The molecule has 1 amide bonds. The van der Waals surface area contributed by atoms with E-state index in [1.165, 1.54) is 4.57 Å². The van der Waals surface area contributed by atoms with Gasteiger partial charge in [-0.25, -0.2) is 9.36 Å². The van der Waals surface area contributed by atoms with Crippen LogP contribution in [0.5, 0.6) is 0 Å². The highest BCUT2D eigenvalue weighted by atomic mass is 16.2. The maximum absolute atomic E-state index is 13.5. The Morgan fingerprint density at radius 3 is 2.65 bits per heavy atom. The molecule has 3 N–H and O–H groups in total. The van der Waals surface area contributed by atoms with Crippen LogP contribution in [-0.2, 0) is 24.9 Å². The summed E-state index contributed by atoms with van der Waals surface area (Å²) in [6.45, 7) is 4.84. The fourth-order valence-electron chi connectivity index (χ4n) is 4.22. The molecule has 4 rings (SSSR count). The molecule has 3 heterocycles. The first-order valence-electron chi connectivity index (χ1n) is 11.3. The summed E-state index contributed by atoms with van der Waals surface area (Å²) < 4.78 is 3.97. The lowest BCUT2D eigenvalue weighted by molar-refractivity contribution is -0.116. The van der Waals surface area contributed by atoms with E-state index in [0.29, 0.717) is 18.2 Å². The summed E-state index contributed by atoms with van der Waals surface area (Å²) >= 11 is 0. The number of anilines is 2. The van der Waals surface area contributed by atoms with Crippen LogP contribution in [0.2, 0.25) is 0 Å². The fourth-order valence-corrected chi connectivity index (χ4v) is 4.22. The number of aromatic nitrogens is 4. The molecule has 0 bridgehead atoms. The third-order valence-corrected chi connectivity index (χ3v) is 6.00. The van der Waals surface area contributed by atoms with Gasteiger partial charge in [0.2, 0.25) is 11.9 Å². The second-order valence-electron chi connectivity index (χ2n) is 8.59. The Balaban J connectivity index is 1.78. The Labute approximate surface area is 197 Å². The van der Waals surface area contributed by atoms with Gasteiger partial charge in [0.15, 0.2) is 11.2 Å². The largest absolute Gasteiger partial charge is 0.341 e. The minimum Gasteiger partial charge on any atom is -0.341 e. The Kier molecular flexibility index (Phi) is 6.56. The standard InChI is InChI=1S/C24H29N7O3/c1-4-5-13-30-20-21(27-23(30)29-12-6-7-17(25)14-29)28(3)24(34)31(22(20)33)15-19(32)26-18-10-8-16(2)9-11-18/h8-11,17H,6-7,12-15,25H2,1-3H3,(H,26,32). The summed E-state index contributed by atoms with van der Waals surface area (Å²) in [7, 11) is 1.55. The maximum atomic E-state index is 13.5. The highest BCUT2D eigenvalue weighted by Crippen LogP contribution is 2.22. The van der Waals surface area contributed by atoms with E-state index in [2.05, 4.69) is 22.1 Å². The summed E-state index contributed by atoms with van der Waals surface area (Å²) in [6, 6.07) is 7.28. The summed E-state index contributed by atoms with van der Waals surface area (Å²) in [5, 5.41) is 2.74. The minimum absolute atomic E-state index is 0.00483. The average molecular weight is 464 g/mol. The maximum Gasteiger partial charge on any atom is 0.332 e. The molecule has 1 saturated heterocycles. The van der Waals surface area contributed by atoms with Gasteiger partial charge in [0.25, 0.3) is 5.56 Å². The van der Waals surface area contributed by atoms with Crippen molar-refractivity contribution in [2.45, 2.75) is 45.8 Å². The van der Waals surface area contributed by atoms with Gasteiger partial charge in [-0.3, -0.25) is 18.7 Å². The van der Waals surface area contributed by atoms with Crippen LogP contribution in [0.1, 0.15) is 25.3 Å². The Hall–Kier alpha value is -3.84. The van der Waals surface area contributed by atoms with Crippen molar-refractivity contribution in [2.24, 2.45) is 12.8 Å². The van der Waals surface area contributed by atoms with Crippen LogP contribution >= 0.6 is 0 Å². The van der Waals surface area contributed by atoms with E-state index in [0.717, 1.165) is 29.5 Å². The monoisotopic (exact) mass is 463 g/mol. The van der Waals surface area contributed by atoms with Crippen LogP contribution in [0, 0.1) is 18.8 Å². The first kappa shape index (κ1) is 23.3. The van der Waals surface area contributed by atoms with Gasteiger partial charge in [0.1, 0.15) is 6.54 Å². The number of aryl methyl sites for hydroxylation is 2. The van der Waals surface area contributed by atoms with Crippen molar-refractivity contribution in [2.75, 3.05) is 23.3 Å². The Bertz CT molecular complexity index is 1400. The van der Waals surface area contributed by atoms with E-state index >= 15 is 0 Å². The predicted octanol–water partition coefficient (Wildman–Crippen LogP) is 0.795. The number of hydrogen-bond donors (Lipinski definition) is 2. The van der Waals surface area contributed by atoms with Crippen molar-refractivity contribution in [1.82, 2.24) is 18.7 Å². The Morgan fingerprint density at radius 2 is 1.97 bits per heavy atom. The van der Waals surface area contributed by atoms with Gasteiger partial charge in [-0.2, -0.15) is 4.98 Å². The van der Waals surface area contributed by atoms with Crippen molar-refractivity contribution < 1.29 is 4.79 Å². The Morgan fingerprint density at radius 1 is 1.24 bits per heavy atom. The van der Waals surface area contributed by atoms with E-state index in [9.17, 15) is 14.4 Å². The topological polar surface area (TPSA) is 120 Å². The van der Waals surface area contributed by atoms with E-state index in [1.807, 2.05) is 24.0 Å². The van der Waals surface area contributed by atoms with Gasteiger partial charge < -0.3 is 16.0 Å². The zero-order chi connectivity index (χ0) is 24.4. The van der Waals surface area contributed by atoms with Crippen LogP contribution in [0.3, 0.4) is 0 Å². The van der Waals surface area contributed by atoms with E-state index < -0.39 is 23.7 Å². The van der Waals surface area contributed by atoms with Crippen molar-refractivity contribution in [3.05, 3.63) is 50.7 Å².